The zero-order valence-corrected chi connectivity index (χ0v) is 15.6. The Hall–Kier alpha value is -1.96. The maximum atomic E-state index is 13.0. The number of hydrogen-bond donors (Lipinski definition) is 3. The number of nitrogens with zero attached hydrogens (tertiary/aromatic N) is 1. The Bertz CT molecular complexity index is 577. The molecule has 1 saturated carbocycles. The Kier molecular flexibility index (Phi) is 6.33. The molecule has 4 N–H and O–H groups in total. The Morgan fingerprint density at radius 1 is 1.16 bits per heavy atom. The molecule has 1 rings (SSSR count). The van der Waals surface area contributed by atoms with Crippen LogP contribution >= 0.6 is 0 Å². The fourth-order valence-electron chi connectivity index (χ4n) is 3.72. The first-order chi connectivity index (χ1) is 11.4. The number of carboxylic acid groups (broad SMARTS) is 1. The van der Waals surface area contributed by atoms with Crippen molar-refractivity contribution in [2.24, 2.45) is 16.6 Å². The normalized spacial score (nSPS) is 28.1. The summed E-state index contributed by atoms with van der Waals surface area (Å²) >= 11 is 0. The SMILES string of the molecule is C[C@@H](NC(=O)[C@@H](N)CC(=O)O)C(=O)C1(C)CCCC1(C)C(=O)N(C)C. The third-order valence-electron chi connectivity index (χ3n) is 5.48. The largest absolute Gasteiger partial charge is 0.481 e. The molecule has 0 aromatic heterocycles. The Labute approximate surface area is 148 Å². The summed E-state index contributed by atoms with van der Waals surface area (Å²) < 4.78 is 0. The number of aliphatic carboxylic acids is 1. The quantitative estimate of drug-likeness (QED) is 0.596. The molecule has 1 fully saturated rings. The summed E-state index contributed by atoms with van der Waals surface area (Å²) in [7, 11) is 3.32. The first-order valence-electron chi connectivity index (χ1n) is 8.40. The van der Waals surface area contributed by atoms with Crippen LogP contribution in [0.25, 0.3) is 0 Å². The number of nitrogens with one attached hydrogen (secondary N) is 1. The highest BCUT2D eigenvalue weighted by molar-refractivity contribution is 5.99. The minimum atomic E-state index is -1.22. The van der Waals surface area contributed by atoms with E-state index in [1.807, 2.05) is 0 Å². The van der Waals surface area contributed by atoms with Gasteiger partial charge in [0.15, 0.2) is 5.78 Å². The van der Waals surface area contributed by atoms with E-state index in [1.54, 1.807) is 27.9 Å². The maximum Gasteiger partial charge on any atom is 0.305 e. The molecule has 0 spiro atoms. The zero-order chi connectivity index (χ0) is 19.6. The Morgan fingerprint density at radius 2 is 1.68 bits per heavy atom. The van der Waals surface area contributed by atoms with Crippen molar-refractivity contribution in [3.63, 3.8) is 0 Å². The van der Waals surface area contributed by atoms with Crippen molar-refractivity contribution < 1.29 is 24.3 Å². The van der Waals surface area contributed by atoms with Gasteiger partial charge in [0.2, 0.25) is 11.8 Å². The smallest absolute Gasteiger partial charge is 0.305 e. The third-order valence-corrected chi connectivity index (χ3v) is 5.48. The van der Waals surface area contributed by atoms with Crippen molar-refractivity contribution in [1.29, 1.82) is 0 Å². The fourth-order valence-corrected chi connectivity index (χ4v) is 3.72. The van der Waals surface area contributed by atoms with Gasteiger partial charge in [-0.1, -0.05) is 13.3 Å². The molecule has 4 atom stereocenters. The number of nitrogens with two attached hydrogens (primary N) is 1. The van der Waals surface area contributed by atoms with Crippen molar-refractivity contribution >= 4 is 23.6 Å². The van der Waals surface area contributed by atoms with Gasteiger partial charge in [0, 0.05) is 19.5 Å². The molecular formula is C17H29N3O5. The predicted molar refractivity (Wildman–Crippen MR) is 91.6 cm³/mol. The lowest BCUT2D eigenvalue weighted by Gasteiger charge is -2.41. The molecule has 8 heteroatoms. The minimum absolute atomic E-state index is 0.109. The molecular weight excluding hydrogens is 326 g/mol. The van der Waals surface area contributed by atoms with Gasteiger partial charge in [-0.05, 0) is 26.7 Å². The first kappa shape index (κ1) is 21.1. The molecule has 2 amide bonds. The van der Waals surface area contributed by atoms with Crippen LogP contribution in [0.15, 0.2) is 0 Å². The molecule has 0 aromatic rings. The third kappa shape index (κ3) is 4.00. The van der Waals surface area contributed by atoms with Gasteiger partial charge < -0.3 is 21.1 Å². The van der Waals surface area contributed by atoms with E-state index in [4.69, 9.17) is 10.8 Å². The number of ketones is 1. The van der Waals surface area contributed by atoms with Crippen molar-refractivity contribution in [3.05, 3.63) is 0 Å². The molecule has 142 valence electrons. The van der Waals surface area contributed by atoms with E-state index in [1.165, 1.54) is 11.8 Å². The Balaban J connectivity index is 2.94. The summed E-state index contributed by atoms with van der Waals surface area (Å²) in [5, 5.41) is 11.2. The summed E-state index contributed by atoms with van der Waals surface area (Å²) in [6.07, 6.45) is 1.40. The average Bonchev–Trinajstić information content (AvgIpc) is 2.82. The molecule has 1 aliphatic rings. The van der Waals surface area contributed by atoms with Crippen LogP contribution in [-0.2, 0) is 19.2 Å². The van der Waals surface area contributed by atoms with Crippen LogP contribution in [0.2, 0.25) is 0 Å². The number of carbonyl (C=O) groups excluding carboxylic acids is 3. The molecule has 0 radical (unpaired) electrons. The van der Waals surface area contributed by atoms with E-state index in [-0.39, 0.29) is 11.7 Å². The van der Waals surface area contributed by atoms with E-state index in [0.29, 0.717) is 12.8 Å². The standard InChI is InChI=1S/C17H29N3O5/c1-10(19-14(24)11(18)9-12(21)22)13(23)16(2)7-6-8-17(16,3)15(25)20(4)5/h10-11H,6-9,18H2,1-5H3,(H,19,24)(H,21,22)/t10-,11+,16?,17?/m1/s1. The monoisotopic (exact) mass is 355 g/mol. The molecule has 0 heterocycles. The minimum Gasteiger partial charge on any atom is -0.481 e. The molecule has 0 aromatic carbocycles. The molecule has 2 unspecified atom stereocenters. The number of rotatable bonds is 7. The number of carbonyl (C=O) groups is 4. The van der Waals surface area contributed by atoms with Crippen molar-refractivity contribution in [2.75, 3.05) is 14.1 Å². The molecule has 8 nitrogen and oxygen atoms in total. The predicted octanol–water partition coefficient (Wildman–Crippen LogP) is 0.147. The van der Waals surface area contributed by atoms with Gasteiger partial charge in [-0.3, -0.25) is 19.2 Å². The van der Waals surface area contributed by atoms with Crippen LogP contribution < -0.4 is 11.1 Å². The van der Waals surface area contributed by atoms with Crippen molar-refractivity contribution in [1.82, 2.24) is 10.2 Å². The van der Waals surface area contributed by atoms with Crippen molar-refractivity contribution in [3.8, 4) is 0 Å². The van der Waals surface area contributed by atoms with Crippen molar-refractivity contribution in [2.45, 2.75) is 58.5 Å². The molecule has 0 bridgehead atoms. The molecule has 0 saturated heterocycles. The topological polar surface area (TPSA) is 130 Å². The van der Waals surface area contributed by atoms with Crippen LogP contribution in [0.1, 0.15) is 46.5 Å². The highest BCUT2D eigenvalue weighted by Crippen LogP contribution is 2.54. The lowest BCUT2D eigenvalue weighted by molar-refractivity contribution is -0.152. The highest BCUT2D eigenvalue weighted by Gasteiger charge is 2.58. The molecule has 25 heavy (non-hydrogen) atoms. The van der Waals surface area contributed by atoms with Gasteiger partial charge in [0.25, 0.3) is 0 Å². The zero-order valence-electron chi connectivity index (χ0n) is 15.6. The van der Waals surface area contributed by atoms with E-state index < -0.39 is 41.2 Å². The van der Waals surface area contributed by atoms with Crippen LogP contribution in [0, 0.1) is 10.8 Å². The second kappa shape index (κ2) is 7.51. The van der Waals surface area contributed by atoms with Crippen LogP contribution in [0.3, 0.4) is 0 Å². The van der Waals surface area contributed by atoms with E-state index >= 15 is 0 Å². The van der Waals surface area contributed by atoms with Gasteiger partial charge in [0.1, 0.15) is 0 Å². The highest BCUT2D eigenvalue weighted by atomic mass is 16.4. The average molecular weight is 355 g/mol. The number of hydrogen-bond acceptors (Lipinski definition) is 5. The van der Waals surface area contributed by atoms with Gasteiger partial charge in [-0.15, -0.1) is 0 Å². The van der Waals surface area contributed by atoms with E-state index in [2.05, 4.69) is 5.32 Å². The number of Topliss-reactive ketones (excluding diaryl/α,β-unsaturated/α-hetero) is 1. The summed E-state index contributed by atoms with van der Waals surface area (Å²) in [4.78, 5) is 49.8. The van der Waals surface area contributed by atoms with Gasteiger partial charge in [-0.2, -0.15) is 0 Å². The van der Waals surface area contributed by atoms with Crippen LogP contribution in [0.5, 0.6) is 0 Å². The van der Waals surface area contributed by atoms with Crippen LogP contribution in [0.4, 0.5) is 0 Å². The summed E-state index contributed by atoms with van der Waals surface area (Å²) in [5.74, 6) is -2.22. The summed E-state index contributed by atoms with van der Waals surface area (Å²) in [6, 6.07) is -2.08. The Morgan fingerprint density at radius 3 is 2.16 bits per heavy atom. The number of amides is 2. The lowest BCUT2D eigenvalue weighted by atomic mass is 9.63. The summed E-state index contributed by atoms with van der Waals surface area (Å²) in [6.45, 7) is 5.10. The second-order valence-electron chi connectivity index (χ2n) is 7.52. The van der Waals surface area contributed by atoms with Gasteiger partial charge in [0.05, 0.1) is 23.9 Å². The lowest BCUT2D eigenvalue weighted by Crippen LogP contribution is -2.56. The molecule has 0 aliphatic heterocycles. The maximum absolute atomic E-state index is 13.0. The summed E-state index contributed by atoms with van der Waals surface area (Å²) in [5.41, 5.74) is 3.79. The van der Waals surface area contributed by atoms with Crippen LogP contribution in [-0.4, -0.2) is 59.8 Å². The van der Waals surface area contributed by atoms with E-state index in [0.717, 1.165) is 6.42 Å². The number of carboxylic acids is 1. The van der Waals surface area contributed by atoms with Gasteiger partial charge >= 0.3 is 5.97 Å². The fraction of sp³-hybridized carbons (Fsp3) is 0.765. The molecule has 1 aliphatic carbocycles. The first-order valence-corrected chi connectivity index (χ1v) is 8.40. The van der Waals surface area contributed by atoms with Gasteiger partial charge in [-0.25, -0.2) is 0 Å². The second-order valence-corrected chi connectivity index (χ2v) is 7.52. The van der Waals surface area contributed by atoms with E-state index in [9.17, 15) is 19.2 Å².